The molecule has 3 nitrogen and oxygen atoms in total. The normalized spacial score (nSPS) is 42.2. The van der Waals surface area contributed by atoms with E-state index in [0.717, 1.165) is 18.9 Å². The fourth-order valence-electron chi connectivity index (χ4n) is 2.44. The van der Waals surface area contributed by atoms with E-state index in [1.165, 1.54) is 19.4 Å². The molecule has 0 radical (unpaired) electrons. The van der Waals surface area contributed by atoms with Crippen molar-refractivity contribution in [3.05, 3.63) is 0 Å². The summed E-state index contributed by atoms with van der Waals surface area (Å²) in [5, 5.41) is 9.29. The molecule has 1 saturated heterocycles. The van der Waals surface area contributed by atoms with Crippen LogP contribution in [-0.2, 0) is 0 Å². The third-order valence-electron chi connectivity index (χ3n) is 3.70. The van der Waals surface area contributed by atoms with Crippen molar-refractivity contribution in [2.75, 3.05) is 13.2 Å². The monoisotopic (exact) mass is 184 g/mol. The fraction of sp³-hybridized carbons (Fsp3) is 1.00. The standard InChI is InChI=1S/C10H20N2O/c1-8-10(11,7-13)5-2-6-12(8)9-3-4-9/h8-9,13H,2-7,11H2,1H3. The van der Waals surface area contributed by atoms with Gasteiger partial charge in [0.05, 0.1) is 12.1 Å². The van der Waals surface area contributed by atoms with Crippen molar-refractivity contribution in [1.82, 2.24) is 4.90 Å². The van der Waals surface area contributed by atoms with Gasteiger partial charge in [-0.05, 0) is 39.2 Å². The molecule has 2 rings (SSSR count). The molecule has 2 unspecified atom stereocenters. The number of nitrogens with zero attached hydrogens (tertiary/aromatic N) is 1. The second-order valence-corrected chi connectivity index (χ2v) is 4.64. The molecule has 0 amide bonds. The molecule has 2 fully saturated rings. The summed E-state index contributed by atoms with van der Waals surface area (Å²) in [6.07, 6.45) is 4.75. The summed E-state index contributed by atoms with van der Waals surface area (Å²) in [6, 6.07) is 1.11. The number of nitrogens with two attached hydrogens (primary N) is 1. The van der Waals surface area contributed by atoms with Gasteiger partial charge in [-0.3, -0.25) is 4.90 Å². The number of hydrogen-bond donors (Lipinski definition) is 2. The Morgan fingerprint density at radius 1 is 1.54 bits per heavy atom. The molecule has 13 heavy (non-hydrogen) atoms. The van der Waals surface area contributed by atoms with Crippen molar-refractivity contribution in [3.8, 4) is 0 Å². The van der Waals surface area contributed by atoms with Gasteiger partial charge in [-0.2, -0.15) is 0 Å². The van der Waals surface area contributed by atoms with E-state index >= 15 is 0 Å². The van der Waals surface area contributed by atoms with Crippen LogP contribution in [0.1, 0.15) is 32.6 Å². The number of likely N-dealkylation sites (tertiary alicyclic amines) is 1. The highest BCUT2D eigenvalue weighted by atomic mass is 16.3. The van der Waals surface area contributed by atoms with Gasteiger partial charge in [0.25, 0.3) is 0 Å². The second kappa shape index (κ2) is 3.23. The maximum atomic E-state index is 9.29. The Kier molecular flexibility index (Phi) is 2.34. The fourth-order valence-corrected chi connectivity index (χ4v) is 2.44. The quantitative estimate of drug-likeness (QED) is 0.650. The van der Waals surface area contributed by atoms with Crippen molar-refractivity contribution >= 4 is 0 Å². The molecule has 1 heterocycles. The van der Waals surface area contributed by atoms with E-state index in [1.54, 1.807) is 0 Å². The lowest BCUT2D eigenvalue weighted by Gasteiger charge is -2.45. The molecule has 3 heteroatoms. The van der Waals surface area contributed by atoms with E-state index in [9.17, 15) is 5.11 Å². The maximum Gasteiger partial charge on any atom is 0.0626 e. The zero-order valence-corrected chi connectivity index (χ0v) is 8.37. The number of hydrogen-bond acceptors (Lipinski definition) is 3. The van der Waals surface area contributed by atoms with Gasteiger partial charge >= 0.3 is 0 Å². The van der Waals surface area contributed by atoms with Gasteiger partial charge in [0.2, 0.25) is 0 Å². The van der Waals surface area contributed by atoms with Crippen molar-refractivity contribution in [2.45, 2.75) is 50.2 Å². The predicted molar refractivity (Wildman–Crippen MR) is 52.4 cm³/mol. The van der Waals surface area contributed by atoms with Crippen LogP contribution in [0.3, 0.4) is 0 Å². The van der Waals surface area contributed by atoms with E-state index < -0.39 is 0 Å². The molecule has 0 aromatic heterocycles. The zero-order valence-electron chi connectivity index (χ0n) is 8.37. The van der Waals surface area contributed by atoms with Crippen LogP contribution >= 0.6 is 0 Å². The van der Waals surface area contributed by atoms with E-state index in [0.29, 0.717) is 6.04 Å². The van der Waals surface area contributed by atoms with Crippen LogP contribution in [-0.4, -0.2) is 40.8 Å². The van der Waals surface area contributed by atoms with Crippen LogP contribution in [0.25, 0.3) is 0 Å². The third kappa shape index (κ3) is 1.60. The Morgan fingerprint density at radius 3 is 2.77 bits per heavy atom. The Balaban J connectivity index is 2.06. The first-order valence-electron chi connectivity index (χ1n) is 5.33. The molecule has 2 atom stereocenters. The topological polar surface area (TPSA) is 49.5 Å². The molecule has 0 aromatic rings. The molecular formula is C10H20N2O. The molecule has 2 aliphatic rings. The van der Waals surface area contributed by atoms with Crippen molar-refractivity contribution in [1.29, 1.82) is 0 Å². The molecule has 1 aliphatic heterocycles. The summed E-state index contributed by atoms with van der Waals surface area (Å²) in [4.78, 5) is 2.49. The summed E-state index contributed by atoms with van der Waals surface area (Å²) in [6.45, 7) is 3.45. The van der Waals surface area contributed by atoms with Crippen LogP contribution in [0.15, 0.2) is 0 Å². The van der Waals surface area contributed by atoms with Crippen LogP contribution in [0, 0.1) is 0 Å². The van der Waals surface area contributed by atoms with Gasteiger partial charge in [-0.15, -0.1) is 0 Å². The Morgan fingerprint density at radius 2 is 2.23 bits per heavy atom. The van der Waals surface area contributed by atoms with Crippen molar-refractivity contribution in [2.24, 2.45) is 5.73 Å². The van der Waals surface area contributed by atoms with Gasteiger partial charge in [0.1, 0.15) is 0 Å². The van der Waals surface area contributed by atoms with E-state index in [4.69, 9.17) is 5.73 Å². The average Bonchev–Trinajstić information content (AvgIpc) is 2.93. The number of piperidine rings is 1. The summed E-state index contributed by atoms with van der Waals surface area (Å²) in [5.74, 6) is 0. The highest BCUT2D eigenvalue weighted by Gasteiger charge is 2.43. The largest absolute Gasteiger partial charge is 0.394 e. The van der Waals surface area contributed by atoms with Crippen LogP contribution in [0.2, 0.25) is 0 Å². The molecule has 76 valence electrons. The minimum Gasteiger partial charge on any atom is -0.394 e. The van der Waals surface area contributed by atoms with Crippen LogP contribution in [0.4, 0.5) is 0 Å². The Bertz CT molecular complexity index is 193. The molecule has 0 spiro atoms. The Labute approximate surface area is 79.9 Å². The number of aliphatic hydroxyl groups excluding tert-OH is 1. The third-order valence-corrected chi connectivity index (χ3v) is 3.70. The SMILES string of the molecule is CC1N(C2CC2)CCCC1(N)CO. The highest BCUT2D eigenvalue weighted by molar-refractivity contribution is 5.02. The predicted octanol–water partition coefficient (Wildman–Crippen LogP) is 0.323. The number of aliphatic hydroxyl groups is 1. The van der Waals surface area contributed by atoms with Crippen LogP contribution in [0.5, 0.6) is 0 Å². The van der Waals surface area contributed by atoms with Crippen molar-refractivity contribution < 1.29 is 5.11 Å². The lowest BCUT2D eigenvalue weighted by Crippen LogP contribution is -2.63. The molecule has 1 saturated carbocycles. The smallest absolute Gasteiger partial charge is 0.0626 e. The first-order valence-corrected chi connectivity index (χ1v) is 5.33. The minimum absolute atomic E-state index is 0.122. The molecule has 0 bridgehead atoms. The summed E-state index contributed by atoms with van der Waals surface area (Å²) in [7, 11) is 0. The van der Waals surface area contributed by atoms with E-state index in [2.05, 4.69) is 11.8 Å². The van der Waals surface area contributed by atoms with E-state index in [1.807, 2.05) is 0 Å². The van der Waals surface area contributed by atoms with E-state index in [-0.39, 0.29) is 12.1 Å². The molecule has 3 N–H and O–H groups in total. The number of rotatable bonds is 2. The first kappa shape index (κ1) is 9.44. The van der Waals surface area contributed by atoms with Crippen molar-refractivity contribution in [3.63, 3.8) is 0 Å². The summed E-state index contributed by atoms with van der Waals surface area (Å²) in [5.41, 5.74) is 5.82. The van der Waals surface area contributed by atoms with Gasteiger partial charge in [-0.25, -0.2) is 0 Å². The van der Waals surface area contributed by atoms with Gasteiger partial charge in [-0.1, -0.05) is 0 Å². The lowest BCUT2D eigenvalue weighted by atomic mass is 9.83. The first-order chi connectivity index (χ1) is 6.17. The zero-order chi connectivity index (χ0) is 9.47. The molecular weight excluding hydrogens is 164 g/mol. The van der Waals surface area contributed by atoms with Gasteiger partial charge in [0, 0.05) is 12.1 Å². The maximum absolute atomic E-state index is 9.29. The lowest BCUT2D eigenvalue weighted by molar-refractivity contribution is 0.0370. The molecule has 1 aliphatic carbocycles. The van der Waals surface area contributed by atoms with Crippen LogP contribution < -0.4 is 5.73 Å². The molecule has 0 aromatic carbocycles. The highest BCUT2D eigenvalue weighted by Crippen LogP contribution is 2.35. The average molecular weight is 184 g/mol. The summed E-state index contributed by atoms with van der Waals surface area (Å²) < 4.78 is 0. The Hall–Kier alpha value is -0.120. The van der Waals surface area contributed by atoms with Gasteiger partial charge < -0.3 is 10.8 Å². The van der Waals surface area contributed by atoms with Gasteiger partial charge in [0.15, 0.2) is 0 Å². The summed E-state index contributed by atoms with van der Waals surface area (Å²) >= 11 is 0. The minimum atomic E-state index is -0.346. The second-order valence-electron chi connectivity index (χ2n) is 4.64.